The van der Waals surface area contributed by atoms with Gasteiger partial charge in [-0.1, -0.05) is 12.1 Å². The molecule has 126 valence electrons. The summed E-state index contributed by atoms with van der Waals surface area (Å²) < 4.78 is 39.7. The molecule has 2 aromatic carbocycles. The number of carbonyl (C=O) groups excluding carboxylic acids is 1. The van der Waals surface area contributed by atoms with Gasteiger partial charge in [0.05, 0.1) is 4.90 Å². The highest BCUT2D eigenvalue weighted by Gasteiger charge is 2.27. The van der Waals surface area contributed by atoms with E-state index in [1.807, 2.05) is 0 Å². The van der Waals surface area contributed by atoms with Crippen molar-refractivity contribution >= 4 is 21.6 Å². The Morgan fingerprint density at radius 2 is 1.75 bits per heavy atom. The topological polar surface area (TPSA) is 66.5 Å². The summed E-state index contributed by atoms with van der Waals surface area (Å²) in [5.41, 5.74) is 0.521. The number of anilines is 1. The molecule has 0 aliphatic carbocycles. The normalized spacial score (nSPS) is 15.4. The minimum Gasteiger partial charge on any atom is -0.322 e. The molecule has 0 atom stereocenters. The molecule has 1 N–H and O–H groups in total. The number of halogens is 1. The number of nitrogens with zero attached hydrogens (tertiary/aromatic N) is 1. The van der Waals surface area contributed by atoms with E-state index in [0.29, 0.717) is 18.8 Å². The molecule has 1 aliphatic rings. The first kappa shape index (κ1) is 16.6. The Hall–Kier alpha value is -2.25. The van der Waals surface area contributed by atoms with Crippen molar-refractivity contribution in [3.05, 3.63) is 59.9 Å². The maximum Gasteiger partial charge on any atom is 0.255 e. The molecule has 3 rings (SSSR count). The van der Waals surface area contributed by atoms with E-state index in [4.69, 9.17) is 0 Å². The molecule has 5 nitrogen and oxygen atoms in total. The van der Waals surface area contributed by atoms with Crippen LogP contribution in [0.25, 0.3) is 0 Å². The zero-order chi connectivity index (χ0) is 17.2. The van der Waals surface area contributed by atoms with E-state index >= 15 is 0 Å². The Balaban J connectivity index is 1.82. The Bertz CT molecular complexity index is 862. The third-order valence-electron chi connectivity index (χ3n) is 3.88. The lowest BCUT2D eigenvalue weighted by Gasteiger charge is -2.16. The molecule has 1 saturated heterocycles. The minimum absolute atomic E-state index is 0.140. The highest BCUT2D eigenvalue weighted by molar-refractivity contribution is 7.89. The van der Waals surface area contributed by atoms with Crippen LogP contribution in [0.5, 0.6) is 0 Å². The zero-order valence-electron chi connectivity index (χ0n) is 12.9. The fourth-order valence-electron chi connectivity index (χ4n) is 2.64. The second kappa shape index (κ2) is 6.70. The van der Waals surface area contributed by atoms with Crippen LogP contribution in [-0.2, 0) is 10.0 Å². The molecule has 1 heterocycles. The molecular formula is C17H17FN2O3S. The van der Waals surface area contributed by atoms with Gasteiger partial charge in [-0.25, -0.2) is 12.8 Å². The summed E-state index contributed by atoms with van der Waals surface area (Å²) in [5, 5.41) is 2.60. The lowest BCUT2D eigenvalue weighted by Crippen LogP contribution is -2.27. The minimum atomic E-state index is -3.55. The first-order valence-electron chi connectivity index (χ1n) is 7.64. The van der Waals surface area contributed by atoms with Crippen molar-refractivity contribution in [1.29, 1.82) is 0 Å². The van der Waals surface area contributed by atoms with E-state index in [0.717, 1.165) is 18.9 Å². The molecule has 1 amide bonds. The van der Waals surface area contributed by atoms with Gasteiger partial charge in [-0.2, -0.15) is 4.31 Å². The van der Waals surface area contributed by atoms with Crippen molar-refractivity contribution in [2.75, 3.05) is 18.4 Å². The molecule has 7 heteroatoms. The Kier molecular flexibility index (Phi) is 4.64. The summed E-state index contributed by atoms with van der Waals surface area (Å²) in [6.45, 7) is 1.03. The molecule has 1 aliphatic heterocycles. The largest absolute Gasteiger partial charge is 0.322 e. The third kappa shape index (κ3) is 3.47. The molecule has 0 aromatic heterocycles. The highest BCUT2D eigenvalue weighted by atomic mass is 32.2. The molecule has 24 heavy (non-hydrogen) atoms. The Morgan fingerprint density at radius 3 is 2.46 bits per heavy atom. The molecule has 1 fully saturated rings. The zero-order valence-corrected chi connectivity index (χ0v) is 13.7. The second-order valence-electron chi connectivity index (χ2n) is 5.60. The standard InChI is InChI=1S/C17H17FN2O3S/c18-14-6-3-5-13(11-14)17(21)19-15-7-4-8-16(12-15)24(22,23)20-9-1-2-10-20/h3-8,11-12H,1-2,9-10H2,(H,19,21). The van der Waals surface area contributed by atoms with Crippen molar-refractivity contribution in [3.8, 4) is 0 Å². The van der Waals surface area contributed by atoms with Gasteiger partial charge in [0.1, 0.15) is 5.82 Å². The molecular weight excluding hydrogens is 331 g/mol. The number of nitrogens with one attached hydrogen (secondary N) is 1. The Labute approximate surface area is 140 Å². The van der Waals surface area contributed by atoms with Gasteiger partial charge in [0, 0.05) is 24.3 Å². The van der Waals surface area contributed by atoms with Crippen LogP contribution in [-0.4, -0.2) is 31.7 Å². The van der Waals surface area contributed by atoms with Gasteiger partial charge >= 0.3 is 0 Å². The van der Waals surface area contributed by atoms with Gasteiger partial charge in [0.2, 0.25) is 10.0 Å². The number of rotatable bonds is 4. The average Bonchev–Trinajstić information content (AvgIpc) is 3.10. The van der Waals surface area contributed by atoms with E-state index in [1.165, 1.54) is 34.6 Å². The lowest BCUT2D eigenvalue weighted by molar-refractivity contribution is 0.102. The van der Waals surface area contributed by atoms with Crippen molar-refractivity contribution in [3.63, 3.8) is 0 Å². The van der Waals surface area contributed by atoms with Gasteiger partial charge < -0.3 is 5.32 Å². The van der Waals surface area contributed by atoms with Crippen LogP contribution in [0, 0.1) is 5.82 Å². The predicted molar refractivity (Wildman–Crippen MR) is 88.8 cm³/mol. The summed E-state index contributed by atoms with van der Waals surface area (Å²) in [7, 11) is -3.55. The van der Waals surface area contributed by atoms with Crippen LogP contribution in [0.3, 0.4) is 0 Å². The first-order chi connectivity index (χ1) is 11.5. The van der Waals surface area contributed by atoms with E-state index < -0.39 is 21.7 Å². The van der Waals surface area contributed by atoms with Crippen LogP contribution in [0.2, 0.25) is 0 Å². The maximum atomic E-state index is 13.2. The van der Waals surface area contributed by atoms with Crippen LogP contribution in [0.15, 0.2) is 53.4 Å². The quantitative estimate of drug-likeness (QED) is 0.924. The average molecular weight is 348 g/mol. The summed E-state index contributed by atoms with van der Waals surface area (Å²) in [4.78, 5) is 12.3. The molecule has 0 saturated carbocycles. The fraction of sp³-hybridized carbons (Fsp3) is 0.235. The van der Waals surface area contributed by atoms with E-state index in [-0.39, 0.29) is 10.5 Å². The SMILES string of the molecule is O=C(Nc1cccc(S(=O)(=O)N2CCCC2)c1)c1cccc(F)c1. The first-order valence-corrected chi connectivity index (χ1v) is 9.08. The van der Waals surface area contributed by atoms with E-state index in [9.17, 15) is 17.6 Å². The summed E-state index contributed by atoms with van der Waals surface area (Å²) in [6, 6.07) is 11.4. The molecule has 0 bridgehead atoms. The predicted octanol–water partition coefficient (Wildman–Crippen LogP) is 2.86. The van der Waals surface area contributed by atoms with Gasteiger partial charge in [-0.05, 0) is 49.2 Å². The summed E-state index contributed by atoms with van der Waals surface area (Å²) in [6.07, 6.45) is 1.71. The Morgan fingerprint density at radius 1 is 1.04 bits per heavy atom. The number of hydrogen-bond donors (Lipinski definition) is 1. The maximum absolute atomic E-state index is 13.2. The van der Waals surface area contributed by atoms with Gasteiger partial charge in [0.15, 0.2) is 0 Å². The van der Waals surface area contributed by atoms with E-state index in [1.54, 1.807) is 12.1 Å². The molecule has 0 radical (unpaired) electrons. The van der Waals surface area contributed by atoms with E-state index in [2.05, 4.69) is 5.32 Å². The number of sulfonamides is 1. The van der Waals surface area contributed by atoms with Gasteiger partial charge in [0.25, 0.3) is 5.91 Å². The number of carbonyl (C=O) groups is 1. The highest BCUT2D eigenvalue weighted by Crippen LogP contribution is 2.23. The molecule has 0 unspecified atom stereocenters. The number of amides is 1. The monoisotopic (exact) mass is 348 g/mol. The second-order valence-corrected chi connectivity index (χ2v) is 7.54. The number of hydrogen-bond acceptors (Lipinski definition) is 3. The van der Waals surface area contributed by atoms with Crippen LogP contribution in [0.4, 0.5) is 10.1 Å². The third-order valence-corrected chi connectivity index (χ3v) is 5.78. The van der Waals surface area contributed by atoms with Crippen LogP contribution >= 0.6 is 0 Å². The van der Waals surface area contributed by atoms with Crippen molar-refractivity contribution in [1.82, 2.24) is 4.31 Å². The summed E-state index contributed by atoms with van der Waals surface area (Å²) >= 11 is 0. The lowest BCUT2D eigenvalue weighted by atomic mass is 10.2. The van der Waals surface area contributed by atoms with Gasteiger partial charge in [-0.15, -0.1) is 0 Å². The van der Waals surface area contributed by atoms with Crippen molar-refractivity contribution in [2.24, 2.45) is 0 Å². The fourth-order valence-corrected chi connectivity index (χ4v) is 4.21. The molecule has 0 spiro atoms. The number of benzene rings is 2. The van der Waals surface area contributed by atoms with Crippen molar-refractivity contribution < 1.29 is 17.6 Å². The van der Waals surface area contributed by atoms with Crippen LogP contribution in [0.1, 0.15) is 23.2 Å². The smallest absolute Gasteiger partial charge is 0.255 e. The molecule has 2 aromatic rings. The van der Waals surface area contributed by atoms with Crippen LogP contribution < -0.4 is 5.32 Å². The van der Waals surface area contributed by atoms with Crippen molar-refractivity contribution in [2.45, 2.75) is 17.7 Å². The van der Waals surface area contributed by atoms with Gasteiger partial charge in [-0.3, -0.25) is 4.79 Å². The summed E-state index contributed by atoms with van der Waals surface area (Å²) in [5.74, 6) is -1.00.